The van der Waals surface area contributed by atoms with E-state index in [0.717, 1.165) is 23.1 Å². The Hall–Kier alpha value is -2.89. The van der Waals surface area contributed by atoms with Gasteiger partial charge in [0.2, 0.25) is 5.91 Å². The van der Waals surface area contributed by atoms with Crippen LogP contribution in [0.4, 0.5) is 4.39 Å². The SMILES string of the molecule is CCNC(=O)C(CC)Oc1ccc2c(c1)C(c1ccc(F)cc1)N(C(C)=O)CC2. The predicted octanol–water partition coefficient (Wildman–Crippen LogP) is 3.61. The lowest BCUT2D eigenvalue weighted by molar-refractivity contribution is -0.131. The third-order valence-corrected chi connectivity index (χ3v) is 5.23. The van der Waals surface area contributed by atoms with Crippen LogP contribution in [0.1, 0.15) is 49.9 Å². The maximum Gasteiger partial charge on any atom is 0.261 e. The van der Waals surface area contributed by atoms with Crippen LogP contribution in [-0.4, -0.2) is 35.9 Å². The molecule has 29 heavy (non-hydrogen) atoms. The normalized spacial score (nSPS) is 16.7. The van der Waals surface area contributed by atoms with Crippen LogP contribution >= 0.6 is 0 Å². The summed E-state index contributed by atoms with van der Waals surface area (Å²) in [7, 11) is 0. The molecule has 1 aliphatic heterocycles. The summed E-state index contributed by atoms with van der Waals surface area (Å²) in [6.45, 7) is 6.46. The summed E-state index contributed by atoms with van der Waals surface area (Å²) in [5.74, 6) is 0.0848. The van der Waals surface area contributed by atoms with E-state index in [1.54, 1.807) is 24.0 Å². The molecule has 2 aromatic rings. The number of fused-ring (bicyclic) bond motifs is 1. The molecule has 5 nitrogen and oxygen atoms in total. The Morgan fingerprint density at radius 3 is 2.55 bits per heavy atom. The average molecular weight is 398 g/mol. The summed E-state index contributed by atoms with van der Waals surface area (Å²) in [5, 5.41) is 2.79. The minimum atomic E-state index is -0.579. The first-order valence-corrected chi connectivity index (χ1v) is 10.0. The molecule has 3 rings (SSSR count). The van der Waals surface area contributed by atoms with Gasteiger partial charge in [-0.25, -0.2) is 4.39 Å². The topological polar surface area (TPSA) is 58.6 Å². The number of carbonyl (C=O) groups is 2. The number of rotatable bonds is 6. The van der Waals surface area contributed by atoms with E-state index in [0.29, 0.717) is 25.3 Å². The molecule has 154 valence electrons. The molecule has 0 fully saturated rings. The number of amides is 2. The second-order valence-electron chi connectivity index (χ2n) is 7.19. The Morgan fingerprint density at radius 2 is 1.93 bits per heavy atom. The first kappa shape index (κ1) is 20.8. The minimum Gasteiger partial charge on any atom is -0.481 e. The van der Waals surface area contributed by atoms with Gasteiger partial charge >= 0.3 is 0 Å². The van der Waals surface area contributed by atoms with Crippen LogP contribution in [0, 0.1) is 5.82 Å². The van der Waals surface area contributed by atoms with Crippen LogP contribution < -0.4 is 10.1 Å². The van der Waals surface area contributed by atoms with Crippen molar-refractivity contribution in [2.24, 2.45) is 0 Å². The van der Waals surface area contributed by atoms with Crippen LogP contribution in [0.25, 0.3) is 0 Å². The first-order valence-electron chi connectivity index (χ1n) is 10.0. The minimum absolute atomic E-state index is 0.0370. The molecule has 1 heterocycles. The van der Waals surface area contributed by atoms with E-state index < -0.39 is 6.10 Å². The second kappa shape index (κ2) is 9.07. The number of hydrogen-bond acceptors (Lipinski definition) is 3. The van der Waals surface area contributed by atoms with Gasteiger partial charge in [0.05, 0.1) is 6.04 Å². The summed E-state index contributed by atoms with van der Waals surface area (Å²) < 4.78 is 19.4. The van der Waals surface area contributed by atoms with Gasteiger partial charge in [-0.05, 0) is 60.7 Å². The molecule has 1 aliphatic rings. The van der Waals surface area contributed by atoms with Gasteiger partial charge in [-0.3, -0.25) is 9.59 Å². The molecule has 6 heteroatoms. The average Bonchev–Trinajstić information content (AvgIpc) is 2.71. The molecule has 2 unspecified atom stereocenters. The van der Waals surface area contributed by atoms with Crippen molar-refractivity contribution in [1.82, 2.24) is 10.2 Å². The Morgan fingerprint density at radius 1 is 1.21 bits per heavy atom. The maximum atomic E-state index is 13.5. The molecule has 2 atom stereocenters. The van der Waals surface area contributed by atoms with Crippen molar-refractivity contribution < 1.29 is 18.7 Å². The van der Waals surface area contributed by atoms with E-state index in [9.17, 15) is 14.0 Å². The maximum absolute atomic E-state index is 13.5. The van der Waals surface area contributed by atoms with Crippen molar-refractivity contribution in [2.75, 3.05) is 13.1 Å². The zero-order valence-corrected chi connectivity index (χ0v) is 17.1. The van der Waals surface area contributed by atoms with Gasteiger partial charge in [0, 0.05) is 20.0 Å². The number of halogens is 1. The molecule has 0 aliphatic carbocycles. The third-order valence-electron chi connectivity index (χ3n) is 5.23. The third kappa shape index (κ3) is 4.58. The standard InChI is InChI=1S/C23H27FN2O3/c1-4-21(23(28)25-5-2)29-19-11-8-16-12-13-26(15(3)27)22(20(16)14-19)17-6-9-18(24)10-7-17/h6-11,14,21-22H,4-5,12-13H2,1-3H3,(H,25,28). The van der Waals surface area contributed by atoms with E-state index >= 15 is 0 Å². The molecule has 0 spiro atoms. The monoisotopic (exact) mass is 398 g/mol. The largest absolute Gasteiger partial charge is 0.481 e. The molecule has 0 aromatic heterocycles. The molecule has 0 bridgehead atoms. The fraction of sp³-hybridized carbons (Fsp3) is 0.391. The highest BCUT2D eigenvalue weighted by Gasteiger charge is 2.31. The van der Waals surface area contributed by atoms with Crippen molar-refractivity contribution >= 4 is 11.8 Å². The number of benzene rings is 2. The zero-order chi connectivity index (χ0) is 21.0. The van der Waals surface area contributed by atoms with Crippen LogP contribution in [0.2, 0.25) is 0 Å². The quantitative estimate of drug-likeness (QED) is 0.809. The van der Waals surface area contributed by atoms with E-state index in [-0.39, 0.29) is 23.7 Å². The van der Waals surface area contributed by atoms with Gasteiger partial charge in [0.15, 0.2) is 6.10 Å². The number of carbonyl (C=O) groups excluding carboxylic acids is 2. The fourth-order valence-electron chi connectivity index (χ4n) is 3.78. The first-order chi connectivity index (χ1) is 13.9. The summed E-state index contributed by atoms with van der Waals surface area (Å²) in [4.78, 5) is 26.3. The Kier molecular flexibility index (Phi) is 6.52. The van der Waals surface area contributed by atoms with E-state index in [1.807, 2.05) is 32.0 Å². The van der Waals surface area contributed by atoms with Crippen molar-refractivity contribution in [3.8, 4) is 5.75 Å². The number of ether oxygens (including phenoxy) is 1. The molecule has 1 N–H and O–H groups in total. The van der Waals surface area contributed by atoms with E-state index in [2.05, 4.69) is 5.32 Å². The number of hydrogen-bond donors (Lipinski definition) is 1. The molecular weight excluding hydrogens is 371 g/mol. The van der Waals surface area contributed by atoms with E-state index in [4.69, 9.17) is 4.74 Å². The predicted molar refractivity (Wildman–Crippen MR) is 109 cm³/mol. The number of nitrogens with zero attached hydrogens (tertiary/aromatic N) is 1. The van der Waals surface area contributed by atoms with Crippen molar-refractivity contribution in [3.05, 3.63) is 65.0 Å². The smallest absolute Gasteiger partial charge is 0.261 e. The van der Waals surface area contributed by atoms with Crippen LogP contribution in [-0.2, 0) is 16.0 Å². The molecule has 0 saturated carbocycles. The Labute approximate surface area is 170 Å². The van der Waals surface area contributed by atoms with Gasteiger partial charge in [-0.2, -0.15) is 0 Å². The van der Waals surface area contributed by atoms with Gasteiger partial charge in [0.25, 0.3) is 5.91 Å². The van der Waals surface area contributed by atoms with Gasteiger partial charge < -0.3 is 15.0 Å². The molecule has 2 amide bonds. The van der Waals surface area contributed by atoms with Crippen molar-refractivity contribution in [3.63, 3.8) is 0 Å². The van der Waals surface area contributed by atoms with Crippen molar-refractivity contribution in [2.45, 2.75) is 45.8 Å². The Bertz CT molecular complexity index is 882. The summed E-state index contributed by atoms with van der Waals surface area (Å²) in [6, 6.07) is 11.7. The second-order valence-corrected chi connectivity index (χ2v) is 7.19. The lowest BCUT2D eigenvalue weighted by Crippen LogP contribution is -2.39. The highest BCUT2D eigenvalue weighted by atomic mass is 19.1. The lowest BCUT2D eigenvalue weighted by Gasteiger charge is -2.37. The summed E-state index contributed by atoms with van der Waals surface area (Å²) >= 11 is 0. The van der Waals surface area contributed by atoms with Gasteiger partial charge in [-0.1, -0.05) is 25.1 Å². The van der Waals surface area contributed by atoms with E-state index in [1.165, 1.54) is 12.1 Å². The number of nitrogens with one attached hydrogen (secondary N) is 1. The van der Waals surface area contributed by atoms with Crippen molar-refractivity contribution in [1.29, 1.82) is 0 Å². The molecular formula is C23H27FN2O3. The zero-order valence-electron chi connectivity index (χ0n) is 17.1. The molecule has 2 aromatic carbocycles. The van der Waals surface area contributed by atoms with Crippen LogP contribution in [0.3, 0.4) is 0 Å². The summed E-state index contributed by atoms with van der Waals surface area (Å²) in [6.07, 6.45) is 0.703. The highest BCUT2D eigenvalue weighted by Crippen LogP contribution is 2.37. The summed E-state index contributed by atoms with van der Waals surface area (Å²) in [5.41, 5.74) is 2.91. The molecule has 0 radical (unpaired) electrons. The fourth-order valence-corrected chi connectivity index (χ4v) is 3.78. The van der Waals surface area contributed by atoms with Gasteiger partial charge in [0.1, 0.15) is 11.6 Å². The highest BCUT2D eigenvalue weighted by molar-refractivity contribution is 5.81. The number of likely N-dealkylation sites (N-methyl/N-ethyl adjacent to an activating group) is 1. The lowest BCUT2D eigenvalue weighted by atomic mass is 9.88. The van der Waals surface area contributed by atoms with Crippen LogP contribution in [0.15, 0.2) is 42.5 Å². The molecule has 0 saturated heterocycles. The van der Waals surface area contributed by atoms with Gasteiger partial charge in [-0.15, -0.1) is 0 Å². The van der Waals surface area contributed by atoms with Crippen LogP contribution in [0.5, 0.6) is 5.75 Å². The Balaban J connectivity index is 1.98.